The molecule has 3 rings (SSSR count). The van der Waals surface area contributed by atoms with Crippen LogP contribution in [0.15, 0.2) is 18.3 Å². The molecular formula is C14H20N4. The van der Waals surface area contributed by atoms with Crippen LogP contribution in [-0.4, -0.2) is 27.6 Å². The molecule has 2 aromatic heterocycles. The predicted octanol–water partition coefficient (Wildman–Crippen LogP) is 1.90. The van der Waals surface area contributed by atoms with Crippen molar-refractivity contribution in [1.82, 2.24) is 19.9 Å². The maximum atomic E-state index is 4.63. The fraction of sp³-hybridized carbons (Fsp3) is 0.571. The molecule has 1 N–H and O–H groups in total. The van der Waals surface area contributed by atoms with E-state index in [0.29, 0.717) is 0 Å². The van der Waals surface area contributed by atoms with Crippen LogP contribution in [0.3, 0.4) is 0 Å². The first-order chi connectivity index (χ1) is 8.84. The summed E-state index contributed by atoms with van der Waals surface area (Å²) in [5.41, 5.74) is 2.01. The average Bonchev–Trinajstić information content (AvgIpc) is 2.75. The van der Waals surface area contributed by atoms with E-state index in [2.05, 4.69) is 33.0 Å². The van der Waals surface area contributed by atoms with E-state index in [1.54, 1.807) is 0 Å². The third kappa shape index (κ3) is 2.25. The highest BCUT2D eigenvalue weighted by Gasteiger charge is 2.15. The van der Waals surface area contributed by atoms with E-state index in [1.807, 2.05) is 12.3 Å². The van der Waals surface area contributed by atoms with Crippen LogP contribution >= 0.6 is 0 Å². The molecule has 0 aliphatic carbocycles. The number of aryl methyl sites for hydroxylation is 2. The van der Waals surface area contributed by atoms with Crippen molar-refractivity contribution in [3.63, 3.8) is 0 Å². The molecule has 2 aromatic rings. The van der Waals surface area contributed by atoms with Crippen molar-refractivity contribution >= 4 is 11.2 Å². The van der Waals surface area contributed by atoms with Crippen molar-refractivity contribution < 1.29 is 0 Å². The summed E-state index contributed by atoms with van der Waals surface area (Å²) >= 11 is 0. The zero-order valence-corrected chi connectivity index (χ0v) is 10.9. The summed E-state index contributed by atoms with van der Waals surface area (Å²) in [4.78, 5) is 8.94. The predicted molar refractivity (Wildman–Crippen MR) is 72.4 cm³/mol. The third-order valence-corrected chi connectivity index (χ3v) is 3.92. The lowest BCUT2D eigenvalue weighted by Crippen LogP contribution is -2.30. The molecule has 4 heteroatoms. The maximum absolute atomic E-state index is 4.63. The van der Waals surface area contributed by atoms with Crippen LogP contribution in [0.4, 0.5) is 0 Å². The Morgan fingerprint density at radius 3 is 3.22 bits per heavy atom. The molecule has 0 saturated carbocycles. The van der Waals surface area contributed by atoms with E-state index in [-0.39, 0.29) is 0 Å². The Morgan fingerprint density at radius 1 is 1.50 bits per heavy atom. The molecule has 4 nitrogen and oxygen atoms in total. The summed E-state index contributed by atoms with van der Waals surface area (Å²) in [5.74, 6) is 1.97. The normalized spacial score (nSPS) is 20.4. The number of aromatic nitrogens is 3. The van der Waals surface area contributed by atoms with Gasteiger partial charge in [0.1, 0.15) is 5.82 Å². The topological polar surface area (TPSA) is 42.7 Å². The molecule has 0 bridgehead atoms. The minimum Gasteiger partial charge on any atom is -0.330 e. The molecule has 1 aliphatic heterocycles. The second-order valence-electron chi connectivity index (χ2n) is 5.18. The Bertz CT molecular complexity index is 526. The number of nitrogens with one attached hydrogen (secondary N) is 1. The van der Waals surface area contributed by atoms with Crippen molar-refractivity contribution in [2.45, 2.75) is 25.7 Å². The van der Waals surface area contributed by atoms with E-state index in [1.165, 1.54) is 32.4 Å². The van der Waals surface area contributed by atoms with Gasteiger partial charge >= 0.3 is 0 Å². The zero-order valence-electron chi connectivity index (χ0n) is 10.9. The average molecular weight is 244 g/mol. The van der Waals surface area contributed by atoms with Gasteiger partial charge in [0.05, 0.1) is 5.52 Å². The van der Waals surface area contributed by atoms with Gasteiger partial charge in [-0.25, -0.2) is 9.97 Å². The van der Waals surface area contributed by atoms with Crippen molar-refractivity contribution in [2.75, 3.05) is 13.1 Å². The SMILES string of the molecule is Cn1c(CCC2CCCNC2)nc2ncccc21. The smallest absolute Gasteiger partial charge is 0.177 e. The van der Waals surface area contributed by atoms with Gasteiger partial charge in [0.25, 0.3) is 0 Å². The van der Waals surface area contributed by atoms with Gasteiger partial charge in [-0.05, 0) is 50.4 Å². The number of rotatable bonds is 3. The van der Waals surface area contributed by atoms with Crippen molar-refractivity contribution in [3.8, 4) is 0 Å². The molecule has 1 unspecified atom stereocenters. The summed E-state index contributed by atoms with van der Waals surface area (Å²) in [5, 5.41) is 3.47. The number of pyridine rings is 1. The molecule has 3 heterocycles. The Kier molecular flexibility index (Phi) is 3.28. The molecule has 0 radical (unpaired) electrons. The van der Waals surface area contributed by atoms with Crippen LogP contribution in [0.25, 0.3) is 11.2 Å². The van der Waals surface area contributed by atoms with Crippen LogP contribution in [0.1, 0.15) is 25.1 Å². The molecule has 1 fully saturated rings. The summed E-state index contributed by atoms with van der Waals surface area (Å²) in [6.07, 6.45) is 6.76. The monoisotopic (exact) mass is 244 g/mol. The van der Waals surface area contributed by atoms with Gasteiger partial charge in [0.2, 0.25) is 0 Å². The molecule has 1 atom stereocenters. The first kappa shape index (κ1) is 11.7. The van der Waals surface area contributed by atoms with Gasteiger partial charge in [-0.2, -0.15) is 0 Å². The number of hydrogen-bond acceptors (Lipinski definition) is 3. The van der Waals surface area contributed by atoms with E-state index in [4.69, 9.17) is 0 Å². The first-order valence-corrected chi connectivity index (χ1v) is 6.81. The number of imidazole rings is 1. The van der Waals surface area contributed by atoms with E-state index in [9.17, 15) is 0 Å². The van der Waals surface area contributed by atoms with E-state index >= 15 is 0 Å². The fourth-order valence-corrected chi connectivity index (χ4v) is 2.80. The lowest BCUT2D eigenvalue weighted by Gasteiger charge is -2.22. The van der Waals surface area contributed by atoms with Crippen molar-refractivity contribution in [2.24, 2.45) is 13.0 Å². The molecule has 18 heavy (non-hydrogen) atoms. The van der Waals surface area contributed by atoms with Gasteiger partial charge < -0.3 is 9.88 Å². The van der Waals surface area contributed by atoms with Gasteiger partial charge in [-0.1, -0.05) is 0 Å². The maximum Gasteiger partial charge on any atom is 0.177 e. The molecular weight excluding hydrogens is 224 g/mol. The van der Waals surface area contributed by atoms with Crippen LogP contribution in [0.5, 0.6) is 0 Å². The quantitative estimate of drug-likeness (QED) is 0.896. The van der Waals surface area contributed by atoms with E-state index in [0.717, 1.165) is 29.3 Å². The summed E-state index contributed by atoms with van der Waals surface area (Å²) in [6, 6.07) is 4.06. The summed E-state index contributed by atoms with van der Waals surface area (Å²) < 4.78 is 2.18. The first-order valence-electron chi connectivity index (χ1n) is 6.81. The Morgan fingerprint density at radius 2 is 2.44 bits per heavy atom. The highest BCUT2D eigenvalue weighted by atomic mass is 15.1. The lowest BCUT2D eigenvalue weighted by atomic mass is 9.94. The van der Waals surface area contributed by atoms with Crippen LogP contribution in [0, 0.1) is 5.92 Å². The third-order valence-electron chi connectivity index (χ3n) is 3.92. The largest absolute Gasteiger partial charge is 0.330 e. The van der Waals surface area contributed by atoms with Gasteiger partial charge in [-0.15, -0.1) is 0 Å². The fourth-order valence-electron chi connectivity index (χ4n) is 2.80. The molecule has 0 amide bonds. The van der Waals surface area contributed by atoms with E-state index < -0.39 is 0 Å². The molecule has 1 saturated heterocycles. The van der Waals surface area contributed by atoms with Gasteiger partial charge in [-0.3, -0.25) is 0 Å². The molecule has 96 valence electrons. The van der Waals surface area contributed by atoms with Crippen LogP contribution in [0.2, 0.25) is 0 Å². The second kappa shape index (κ2) is 5.06. The number of hydrogen-bond donors (Lipinski definition) is 1. The minimum absolute atomic E-state index is 0.812. The Labute approximate surface area is 107 Å². The Hall–Kier alpha value is -1.42. The number of piperidine rings is 1. The molecule has 1 aliphatic rings. The number of nitrogens with zero attached hydrogens (tertiary/aromatic N) is 3. The summed E-state index contributed by atoms with van der Waals surface area (Å²) in [7, 11) is 2.09. The van der Waals surface area contributed by atoms with Gasteiger partial charge in [0.15, 0.2) is 5.65 Å². The summed E-state index contributed by atoms with van der Waals surface area (Å²) in [6.45, 7) is 2.36. The van der Waals surface area contributed by atoms with Crippen LogP contribution in [-0.2, 0) is 13.5 Å². The van der Waals surface area contributed by atoms with Crippen molar-refractivity contribution in [3.05, 3.63) is 24.2 Å². The number of fused-ring (bicyclic) bond motifs is 1. The van der Waals surface area contributed by atoms with Gasteiger partial charge in [0, 0.05) is 19.7 Å². The highest BCUT2D eigenvalue weighted by Crippen LogP contribution is 2.18. The second-order valence-corrected chi connectivity index (χ2v) is 5.18. The van der Waals surface area contributed by atoms with Crippen molar-refractivity contribution in [1.29, 1.82) is 0 Å². The standard InChI is InChI=1S/C14H20N4/c1-18-12-5-3-9-16-14(12)17-13(18)7-6-11-4-2-8-15-10-11/h3,5,9,11,15H,2,4,6-8,10H2,1H3. The lowest BCUT2D eigenvalue weighted by molar-refractivity contribution is 0.355. The Balaban J connectivity index is 1.72. The zero-order chi connectivity index (χ0) is 12.4. The minimum atomic E-state index is 0.812. The van der Waals surface area contributed by atoms with Crippen LogP contribution < -0.4 is 5.32 Å². The highest BCUT2D eigenvalue weighted by molar-refractivity contribution is 5.71. The molecule has 0 aromatic carbocycles. The molecule has 0 spiro atoms.